The molecule has 41 heavy (non-hydrogen) atoms. The van der Waals surface area contributed by atoms with E-state index in [0.717, 1.165) is 36.0 Å². The lowest BCUT2D eigenvalue weighted by Crippen LogP contribution is -2.45. The molecule has 208 valence electrons. The van der Waals surface area contributed by atoms with Crippen molar-refractivity contribution in [1.29, 1.82) is 0 Å². The van der Waals surface area contributed by atoms with Crippen LogP contribution in [-0.2, 0) is 4.79 Å². The molecule has 2 aromatic carbocycles. The summed E-state index contributed by atoms with van der Waals surface area (Å²) in [5.74, 6) is 0.918. The zero-order chi connectivity index (χ0) is 28.5. The van der Waals surface area contributed by atoms with Crippen LogP contribution in [0.15, 0.2) is 73.4 Å². The topological polar surface area (TPSA) is 113 Å². The van der Waals surface area contributed by atoms with Gasteiger partial charge in [0.2, 0.25) is 5.91 Å². The van der Waals surface area contributed by atoms with Gasteiger partial charge in [0.15, 0.2) is 0 Å². The number of nitrogens with one attached hydrogen (secondary N) is 3. The minimum Gasteiger partial charge on any atom is -0.457 e. The van der Waals surface area contributed by atoms with E-state index in [4.69, 9.17) is 4.74 Å². The number of urea groups is 1. The normalized spacial score (nSPS) is 18.0. The molecule has 1 aliphatic carbocycles. The molecule has 4 amide bonds. The van der Waals surface area contributed by atoms with Crippen LogP contribution in [0, 0.1) is 6.92 Å². The largest absolute Gasteiger partial charge is 0.457 e. The first-order valence-electron chi connectivity index (χ1n) is 13.5. The van der Waals surface area contributed by atoms with Crippen LogP contribution >= 0.6 is 11.3 Å². The van der Waals surface area contributed by atoms with Gasteiger partial charge in [0.1, 0.15) is 21.2 Å². The second kappa shape index (κ2) is 11.1. The van der Waals surface area contributed by atoms with E-state index < -0.39 is 0 Å². The number of para-hydroxylation sites is 1. The summed E-state index contributed by atoms with van der Waals surface area (Å²) in [6.45, 7) is 5.44. The van der Waals surface area contributed by atoms with Crippen LogP contribution in [0.5, 0.6) is 11.5 Å². The first kappa shape index (κ1) is 26.5. The molecular formula is C31H29N5O4S. The van der Waals surface area contributed by atoms with Crippen molar-refractivity contribution in [3.63, 3.8) is 0 Å². The van der Waals surface area contributed by atoms with Crippen LogP contribution in [-0.4, -0.2) is 34.9 Å². The van der Waals surface area contributed by atoms with Crippen molar-refractivity contribution in [2.24, 2.45) is 0 Å². The van der Waals surface area contributed by atoms with E-state index in [2.05, 4.69) is 27.5 Å². The molecule has 10 heteroatoms. The molecule has 9 nitrogen and oxygen atoms in total. The molecule has 1 fully saturated rings. The van der Waals surface area contributed by atoms with Gasteiger partial charge in [0.05, 0.1) is 22.4 Å². The van der Waals surface area contributed by atoms with E-state index >= 15 is 0 Å². The summed E-state index contributed by atoms with van der Waals surface area (Å²) in [6.07, 6.45) is 6.12. The highest BCUT2D eigenvalue weighted by atomic mass is 32.1. The summed E-state index contributed by atoms with van der Waals surface area (Å²) in [5, 5.41) is 9.74. The lowest BCUT2D eigenvalue weighted by molar-refractivity contribution is -0.117. The molecule has 2 aliphatic rings. The van der Waals surface area contributed by atoms with Gasteiger partial charge in [-0.25, -0.2) is 9.78 Å². The standard InChI is InChI=1S/C31H29N5O4S/c1-3-25(37)33-19-8-7-9-20(17-19)34-29(38)28-27-26-24(14-15-32-30(26)41-28)36(31(39)35-27)23-13-12-22(16-18(23)2)40-21-10-5-4-6-11-21/h3-6,10-16,19-20H,1,7-9,17H2,2H3,(H,33,37)(H,34,38)(H,35,39)/t19-,20?/m0/s1. The predicted octanol–water partition coefficient (Wildman–Crippen LogP) is 6.42. The highest BCUT2D eigenvalue weighted by Crippen LogP contribution is 2.46. The molecule has 3 heterocycles. The molecule has 0 saturated heterocycles. The Balaban J connectivity index is 1.27. The monoisotopic (exact) mass is 567 g/mol. The highest BCUT2D eigenvalue weighted by molar-refractivity contribution is 7.21. The van der Waals surface area contributed by atoms with Gasteiger partial charge in [-0.2, -0.15) is 0 Å². The van der Waals surface area contributed by atoms with Gasteiger partial charge in [0, 0.05) is 18.3 Å². The maximum atomic E-state index is 13.6. The Bertz CT molecular complexity index is 1670. The van der Waals surface area contributed by atoms with Crippen molar-refractivity contribution >= 4 is 56.5 Å². The van der Waals surface area contributed by atoms with Crippen LogP contribution in [0.2, 0.25) is 0 Å². The molecule has 1 aliphatic heterocycles. The Labute approximate surface area is 241 Å². The van der Waals surface area contributed by atoms with Crippen molar-refractivity contribution in [2.45, 2.75) is 44.7 Å². The Hall–Kier alpha value is -4.70. The Morgan fingerprint density at radius 2 is 1.85 bits per heavy atom. The maximum Gasteiger partial charge on any atom is 0.331 e. The fraction of sp³-hybridized carbons (Fsp3) is 0.226. The number of aryl methyl sites for hydroxylation is 1. The molecule has 4 aromatic rings. The van der Waals surface area contributed by atoms with Crippen molar-refractivity contribution < 1.29 is 19.1 Å². The molecule has 2 atom stereocenters. The van der Waals surface area contributed by atoms with Gasteiger partial charge < -0.3 is 20.7 Å². The minimum absolute atomic E-state index is 0.0189. The summed E-state index contributed by atoms with van der Waals surface area (Å²) in [4.78, 5) is 46.0. The van der Waals surface area contributed by atoms with Gasteiger partial charge in [-0.15, -0.1) is 11.3 Å². The molecule has 0 radical (unpaired) electrons. The number of carbonyl (C=O) groups excluding carboxylic acids is 3. The van der Waals surface area contributed by atoms with Crippen molar-refractivity contribution in [3.8, 4) is 11.5 Å². The van der Waals surface area contributed by atoms with E-state index in [0.29, 0.717) is 38.9 Å². The van der Waals surface area contributed by atoms with Gasteiger partial charge in [-0.05, 0) is 80.6 Å². The number of hydrogen-bond acceptors (Lipinski definition) is 6. The number of thiophene rings is 1. The summed E-state index contributed by atoms with van der Waals surface area (Å²) >= 11 is 1.25. The Morgan fingerprint density at radius 3 is 2.61 bits per heavy atom. The lowest BCUT2D eigenvalue weighted by Gasteiger charge is -2.31. The number of anilines is 3. The molecule has 0 bridgehead atoms. The molecule has 3 N–H and O–H groups in total. The Morgan fingerprint density at radius 1 is 1.07 bits per heavy atom. The van der Waals surface area contributed by atoms with Crippen molar-refractivity contribution in [1.82, 2.24) is 15.6 Å². The third-order valence-corrected chi connectivity index (χ3v) is 8.48. The molecular weight excluding hydrogens is 538 g/mol. The molecule has 2 aromatic heterocycles. The average molecular weight is 568 g/mol. The fourth-order valence-electron chi connectivity index (χ4n) is 5.51. The molecule has 1 saturated carbocycles. The van der Waals surface area contributed by atoms with Gasteiger partial charge in [0.25, 0.3) is 5.91 Å². The van der Waals surface area contributed by atoms with E-state index in [1.165, 1.54) is 17.4 Å². The smallest absolute Gasteiger partial charge is 0.331 e. The van der Waals surface area contributed by atoms with E-state index in [1.807, 2.05) is 55.5 Å². The number of rotatable bonds is 7. The van der Waals surface area contributed by atoms with Crippen LogP contribution in [0.3, 0.4) is 0 Å². The number of hydrogen-bond donors (Lipinski definition) is 3. The summed E-state index contributed by atoms with van der Waals surface area (Å²) < 4.78 is 5.97. The summed E-state index contributed by atoms with van der Waals surface area (Å²) in [5.41, 5.74) is 2.69. The van der Waals surface area contributed by atoms with E-state index in [9.17, 15) is 14.4 Å². The second-order valence-electron chi connectivity index (χ2n) is 10.2. The number of benzene rings is 2. The van der Waals surface area contributed by atoms with E-state index in [1.54, 1.807) is 17.2 Å². The number of nitrogens with zero attached hydrogens (tertiary/aromatic N) is 2. The van der Waals surface area contributed by atoms with Crippen molar-refractivity contribution in [3.05, 3.63) is 83.9 Å². The SMILES string of the molecule is C=CC(=O)N[C@H]1CCCC(NC(=O)c2sc3nccc4c3c2NC(=O)N4c2ccc(Oc3ccccc3)cc2C)C1. The second-order valence-corrected chi connectivity index (χ2v) is 11.2. The average Bonchev–Trinajstić information content (AvgIpc) is 3.34. The number of aromatic nitrogens is 1. The van der Waals surface area contributed by atoms with Crippen LogP contribution < -0.4 is 25.6 Å². The highest BCUT2D eigenvalue weighted by Gasteiger charge is 2.34. The van der Waals surface area contributed by atoms with E-state index in [-0.39, 0.29) is 29.9 Å². The third kappa shape index (κ3) is 5.26. The van der Waals surface area contributed by atoms with Crippen LogP contribution in [0.25, 0.3) is 10.2 Å². The van der Waals surface area contributed by atoms with Gasteiger partial charge in [-0.3, -0.25) is 14.5 Å². The number of carbonyl (C=O) groups is 3. The maximum absolute atomic E-state index is 13.6. The fourth-order valence-corrected chi connectivity index (χ4v) is 6.54. The quantitative estimate of drug-likeness (QED) is 0.223. The Kier molecular flexibility index (Phi) is 7.15. The zero-order valence-corrected chi connectivity index (χ0v) is 23.3. The van der Waals surface area contributed by atoms with Gasteiger partial charge >= 0.3 is 6.03 Å². The van der Waals surface area contributed by atoms with Crippen LogP contribution in [0.1, 0.15) is 40.9 Å². The predicted molar refractivity (Wildman–Crippen MR) is 160 cm³/mol. The summed E-state index contributed by atoms with van der Waals surface area (Å²) in [6, 6.07) is 16.4. The third-order valence-electron chi connectivity index (χ3n) is 7.38. The molecule has 0 spiro atoms. The molecule has 6 rings (SSSR count). The summed E-state index contributed by atoms with van der Waals surface area (Å²) in [7, 11) is 0. The zero-order valence-electron chi connectivity index (χ0n) is 22.5. The van der Waals surface area contributed by atoms with Crippen LogP contribution in [0.4, 0.5) is 21.9 Å². The minimum atomic E-state index is -0.359. The van der Waals surface area contributed by atoms with Crippen molar-refractivity contribution in [2.75, 3.05) is 10.2 Å². The van der Waals surface area contributed by atoms with Gasteiger partial charge in [-0.1, -0.05) is 24.8 Å². The molecule has 1 unspecified atom stereocenters. The first-order valence-corrected chi connectivity index (χ1v) is 14.3. The number of amides is 4. The number of pyridine rings is 1. The lowest BCUT2D eigenvalue weighted by atomic mass is 9.91. The first-order chi connectivity index (χ1) is 19.9. The number of ether oxygens (including phenoxy) is 1.